The molecule has 0 saturated carbocycles. The number of carbonyl (C=O) groups is 1. The van der Waals surface area contributed by atoms with Gasteiger partial charge in [-0.25, -0.2) is 4.79 Å². The summed E-state index contributed by atoms with van der Waals surface area (Å²) in [5.74, 6) is 0. The molecule has 1 aliphatic rings. The third kappa shape index (κ3) is 3.94. The lowest BCUT2D eigenvalue weighted by atomic mass is 10.3. The van der Waals surface area contributed by atoms with E-state index in [-0.39, 0.29) is 12.6 Å². The third-order valence-electron chi connectivity index (χ3n) is 1.96. The zero-order valence-electron chi connectivity index (χ0n) is 8.21. The van der Waals surface area contributed by atoms with E-state index in [9.17, 15) is 18.0 Å². The van der Waals surface area contributed by atoms with Crippen molar-refractivity contribution in [3.05, 3.63) is 0 Å². The van der Waals surface area contributed by atoms with Gasteiger partial charge >= 0.3 is 12.3 Å². The van der Waals surface area contributed by atoms with Crippen LogP contribution in [0.5, 0.6) is 0 Å². The molecule has 1 amide bonds. The fourth-order valence-corrected chi connectivity index (χ4v) is 1.22. The van der Waals surface area contributed by atoms with Gasteiger partial charge in [-0.2, -0.15) is 13.2 Å². The SMILES string of the molecule is C[C@@H]1COCCN1C(=O)OCC(F)(F)F. The Kier molecular flexibility index (Phi) is 3.78. The van der Waals surface area contributed by atoms with Gasteiger partial charge < -0.3 is 14.4 Å². The van der Waals surface area contributed by atoms with Gasteiger partial charge in [-0.15, -0.1) is 0 Å². The largest absolute Gasteiger partial charge is 0.440 e. The van der Waals surface area contributed by atoms with E-state index in [1.807, 2.05) is 0 Å². The van der Waals surface area contributed by atoms with Crippen LogP contribution in [0, 0.1) is 0 Å². The van der Waals surface area contributed by atoms with Crippen LogP contribution in [0.4, 0.5) is 18.0 Å². The predicted octanol–water partition coefficient (Wildman–Crippen LogP) is 1.41. The number of morpholine rings is 1. The van der Waals surface area contributed by atoms with Crippen LogP contribution in [0.3, 0.4) is 0 Å². The van der Waals surface area contributed by atoms with E-state index in [0.29, 0.717) is 13.2 Å². The van der Waals surface area contributed by atoms with Gasteiger partial charge in [0.15, 0.2) is 6.61 Å². The first-order valence-corrected chi connectivity index (χ1v) is 4.48. The van der Waals surface area contributed by atoms with Gasteiger partial charge in [-0.1, -0.05) is 0 Å². The Morgan fingerprint density at radius 1 is 1.60 bits per heavy atom. The quantitative estimate of drug-likeness (QED) is 0.679. The molecule has 0 aliphatic carbocycles. The molecule has 4 nitrogen and oxygen atoms in total. The van der Waals surface area contributed by atoms with E-state index in [4.69, 9.17) is 4.74 Å². The average molecular weight is 227 g/mol. The highest BCUT2D eigenvalue weighted by Gasteiger charge is 2.32. The lowest BCUT2D eigenvalue weighted by Gasteiger charge is -2.32. The fraction of sp³-hybridized carbons (Fsp3) is 0.875. The first-order chi connectivity index (χ1) is 6.90. The minimum absolute atomic E-state index is 0.250. The van der Waals surface area contributed by atoms with Crippen LogP contribution in [-0.2, 0) is 9.47 Å². The summed E-state index contributed by atoms with van der Waals surface area (Å²) in [6.45, 7) is 1.05. The highest BCUT2D eigenvalue weighted by Crippen LogP contribution is 2.16. The molecule has 0 spiro atoms. The number of hydrogen-bond acceptors (Lipinski definition) is 3. The lowest BCUT2D eigenvalue weighted by Crippen LogP contribution is -2.47. The maximum Gasteiger partial charge on any atom is 0.422 e. The number of rotatable bonds is 1. The van der Waals surface area contributed by atoms with Crippen LogP contribution < -0.4 is 0 Å². The van der Waals surface area contributed by atoms with Crippen LogP contribution in [0.15, 0.2) is 0 Å². The van der Waals surface area contributed by atoms with Gasteiger partial charge in [0, 0.05) is 6.54 Å². The van der Waals surface area contributed by atoms with E-state index < -0.39 is 18.9 Å². The van der Waals surface area contributed by atoms with Crippen LogP contribution in [0.25, 0.3) is 0 Å². The first kappa shape index (κ1) is 12.1. The topological polar surface area (TPSA) is 38.8 Å². The Balaban J connectivity index is 2.39. The highest BCUT2D eigenvalue weighted by molar-refractivity contribution is 5.68. The number of halogens is 3. The van der Waals surface area contributed by atoms with E-state index in [2.05, 4.69) is 4.74 Å². The molecule has 0 aromatic carbocycles. The second kappa shape index (κ2) is 4.69. The first-order valence-electron chi connectivity index (χ1n) is 4.48. The summed E-state index contributed by atoms with van der Waals surface area (Å²) in [5.41, 5.74) is 0. The average Bonchev–Trinajstić information content (AvgIpc) is 2.14. The number of alkyl halides is 3. The molecule has 0 aromatic rings. The minimum atomic E-state index is -4.48. The molecule has 1 atom stereocenters. The molecule has 1 heterocycles. The molecule has 88 valence electrons. The maximum atomic E-state index is 11.8. The zero-order valence-corrected chi connectivity index (χ0v) is 8.21. The molecule has 0 unspecified atom stereocenters. The van der Waals surface area contributed by atoms with Crippen molar-refractivity contribution in [3.8, 4) is 0 Å². The van der Waals surface area contributed by atoms with Crippen LogP contribution in [0.2, 0.25) is 0 Å². The molecule has 1 rings (SSSR count). The summed E-state index contributed by atoms with van der Waals surface area (Å²) in [7, 11) is 0. The van der Waals surface area contributed by atoms with E-state index in [1.165, 1.54) is 4.90 Å². The van der Waals surface area contributed by atoms with Crippen molar-refractivity contribution in [2.45, 2.75) is 19.1 Å². The van der Waals surface area contributed by atoms with Crippen molar-refractivity contribution in [1.29, 1.82) is 0 Å². The van der Waals surface area contributed by atoms with Crippen LogP contribution in [0.1, 0.15) is 6.92 Å². The Labute approximate surface area is 84.9 Å². The minimum Gasteiger partial charge on any atom is -0.440 e. The van der Waals surface area contributed by atoms with E-state index in [1.54, 1.807) is 6.92 Å². The molecule has 0 radical (unpaired) electrons. The molecule has 1 saturated heterocycles. The van der Waals surface area contributed by atoms with Crippen LogP contribution in [-0.4, -0.2) is 49.6 Å². The number of amides is 1. The summed E-state index contributed by atoms with van der Waals surface area (Å²) in [6, 6.07) is -0.250. The van der Waals surface area contributed by atoms with Crippen molar-refractivity contribution in [2.75, 3.05) is 26.4 Å². The molecule has 0 bridgehead atoms. The third-order valence-corrected chi connectivity index (χ3v) is 1.96. The van der Waals surface area contributed by atoms with Gasteiger partial charge in [-0.3, -0.25) is 0 Å². The van der Waals surface area contributed by atoms with Crippen molar-refractivity contribution >= 4 is 6.09 Å². The Bertz CT molecular complexity index is 232. The summed E-state index contributed by atoms with van der Waals surface area (Å²) in [4.78, 5) is 12.4. The van der Waals surface area contributed by atoms with Gasteiger partial charge in [0.2, 0.25) is 0 Å². The van der Waals surface area contributed by atoms with E-state index in [0.717, 1.165) is 0 Å². The summed E-state index contributed by atoms with van der Waals surface area (Å²) >= 11 is 0. The standard InChI is InChI=1S/C8H12F3NO3/c1-6-4-14-3-2-12(6)7(13)15-5-8(9,10)11/h6H,2-5H2,1H3/t6-/m1/s1. The molecular weight excluding hydrogens is 215 g/mol. The van der Waals surface area contributed by atoms with Gasteiger partial charge in [0.1, 0.15) is 0 Å². The Morgan fingerprint density at radius 2 is 2.27 bits per heavy atom. The summed E-state index contributed by atoms with van der Waals surface area (Å²) in [5, 5.41) is 0. The van der Waals surface area contributed by atoms with Gasteiger partial charge in [-0.05, 0) is 6.92 Å². The highest BCUT2D eigenvalue weighted by atomic mass is 19.4. The molecule has 0 aromatic heterocycles. The number of carbonyl (C=O) groups excluding carboxylic acids is 1. The number of ether oxygens (including phenoxy) is 2. The normalized spacial score (nSPS) is 22.7. The molecular formula is C8H12F3NO3. The molecule has 1 aliphatic heterocycles. The lowest BCUT2D eigenvalue weighted by molar-refractivity contribution is -0.164. The Hall–Kier alpha value is -0.980. The maximum absolute atomic E-state index is 11.8. The van der Waals surface area contributed by atoms with Gasteiger partial charge in [0.05, 0.1) is 19.3 Å². The summed E-state index contributed by atoms with van der Waals surface area (Å²) < 4.78 is 44.4. The fourth-order valence-electron chi connectivity index (χ4n) is 1.22. The predicted molar refractivity (Wildman–Crippen MR) is 44.4 cm³/mol. The van der Waals surface area contributed by atoms with Crippen molar-refractivity contribution in [3.63, 3.8) is 0 Å². The second-order valence-electron chi connectivity index (χ2n) is 3.29. The molecule has 7 heteroatoms. The monoisotopic (exact) mass is 227 g/mol. The summed E-state index contributed by atoms with van der Waals surface area (Å²) in [6.07, 6.45) is -5.42. The van der Waals surface area contributed by atoms with Crippen molar-refractivity contribution in [1.82, 2.24) is 4.90 Å². The smallest absolute Gasteiger partial charge is 0.422 e. The van der Waals surface area contributed by atoms with Crippen molar-refractivity contribution in [2.24, 2.45) is 0 Å². The molecule has 0 N–H and O–H groups in total. The van der Waals surface area contributed by atoms with Crippen LogP contribution >= 0.6 is 0 Å². The Morgan fingerprint density at radius 3 is 2.80 bits per heavy atom. The van der Waals surface area contributed by atoms with Crippen molar-refractivity contribution < 1.29 is 27.4 Å². The zero-order chi connectivity index (χ0) is 11.5. The number of hydrogen-bond donors (Lipinski definition) is 0. The second-order valence-corrected chi connectivity index (χ2v) is 3.29. The molecule has 1 fully saturated rings. The van der Waals surface area contributed by atoms with Gasteiger partial charge in [0.25, 0.3) is 0 Å². The number of nitrogens with zero attached hydrogens (tertiary/aromatic N) is 1. The molecule has 15 heavy (non-hydrogen) atoms. The van der Waals surface area contributed by atoms with E-state index >= 15 is 0 Å².